The lowest BCUT2D eigenvalue weighted by atomic mass is 10.2. The molecule has 2 amide bonds. The first-order valence-corrected chi connectivity index (χ1v) is 8.08. The summed E-state index contributed by atoms with van der Waals surface area (Å²) >= 11 is 0. The SMILES string of the molecule is NC(=O)c1cnc2n1CCN(C(=O)COc1ncnc3ccccc13)C2. The minimum Gasteiger partial charge on any atom is -0.467 e. The van der Waals surface area contributed by atoms with Crippen molar-refractivity contribution in [2.24, 2.45) is 5.73 Å². The van der Waals surface area contributed by atoms with E-state index in [4.69, 9.17) is 10.5 Å². The lowest BCUT2D eigenvalue weighted by molar-refractivity contribution is -0.134. The summed E-state index contributed by atoms with van der Waals surface area (Å²) in [6, 6.07) is 7.44. The minimum absolute atomic E-state index is 0.135. The van der Waals surface area contributed by atoms with E-state index in [0.29, 0.717) is 37.0 Å². The predicted octanol–water partition coefficient (Wildman–Crippen LogP) is 0.346. The maximum Gasteiger partial charge on any atom is 0.266 e. The van der Waals surface area contributed by atoms with Crippen LogP contribution in [0.2, 0.25) is 0 Å². The van der Waals surface area contributed by atoms with E-state index in [1.165, 1.54) is 12.5 Å². The summed E-state index contributed by atoms with van der Waals surface area (Å²) in [5.74, 6) is 0.300. The van der Waals surface area contributed by atoms with Crippen LogP contribution in [0.15, 0.2) is 36.8 Å². The standard InChI is InChI=1S/C17H16N6O3/c18-16(25)13-7-19-14-8-22(5-6-23(13)14)15(24)9-26-17-11-3-1-2-4-12(11)20-10-21-17/h1-4,7,10H,5-6,8-9H2,(H2,18,25). The third-order valence-corrected chi connectivity index (χ3v) is 4.31. The Hall–Kier alpha value is -3.49. The lowest BCUT2D eigenvalue weighted by Crippen LogP contribution is -2.41. The quantitative estimate of drug-likeness (QED) is 0.724. The van der Waals surface area contributed by atoms with Gasteiger partial charge in [-0.2, -0.15) is 0 Å². The number of hydrogen-bond acceptors (Lipinski definition) is 6. The van der Waals surface area contributed by atoms with Crippen molar-refractivity contribution in [3.05, 3.63) is 48.3 Å². The Balaban J connectivity index is 1.45. The zero-order valence-corrected chi connectivity index (χ0v) is 13.8. The maximum absolute atomic E-state index is 12.5. The van der Waals surface area contributed by atoms with Crippen molar-refractivity contribution >= 4 is 22.7 Å². The number of rotatable bonds is 4. The van der Waals surface area contributed by atoms with Gasteiger partial charge in [-0.3, -0.25) is 9.59 Å². The smallest absolute Gasteiger partial charge is 0.266 e. The summed E-state index contributed by atoms with van der Waals surface area (Å²) < 4.78 is 7.36. The molecule has 1 aliphatic heterocycles. The van der Waals surface area contributed by atoms with Crippen LogP contribution in [0, 0.1) is 0 Å². The number of para-hydroxylation sites is 1. The number of benzene rings is 1. The molecule has 1 aromatic carbocycles. The van der Waals surface area contributed by atoms with Gasteiger partial charge in [0.15, 0.2) is 6.61 Å². The molecule has 0 atom stereocenters. The van der Waals surface area contributed by atoms with Crippen LogP contribution in [-0.2, 0) is 17.9 Å². The van der Waals surface area contributed by atoms with Crippen LogP contribution in [0.4, 0.5) is 0 Å². The molecule has 2 aromatic heterocycles. The van der Waals surface area contributed by atoms with Gasteiger partial charge in [-0.25, -0.2) is 15.0 Å². The van der Waals surface area contributed by atoms with Crippen LogP contribution in [0.5, 0.6) is 5.88 Å². The molecule has 0 spiro atoms. The highest BCUT2D eigenvalue weighted by molar-refractivity contribution is 5.91. The Kier molecular flexibility index (Phi) is 3.96. The number of primary amides is 1. The fraction of sp³-hybridized carbons (Fsp3) is 0.235. The molecule has 4 rings (SSSR count). The molecule has 132 valence electrons. The van der Waals surface area contributed by atoms with Crippen molar-refractivity contribution in [2.45, 2.75) is 13.1 Å². The summed E-state index contributed by atoms with van der Waals surface area (Å²) in [5, 5.41) is 0.753. The number of amides is 2. The van der Waals surface area contributed by atoms with E-state index in [9.17, 15) is 9.59 Å². The Bertz CT molecular complexity index is 994. The number of carbonyl (C=O) groups is 2. The topological polar surface area (TPSA) is 116 Å². The molecule has 1 aliphatic rings. The highest BCUT2D eigenvalue weighted by Crippen LogP contribution is 2.21. The number of nitrogens with two attached hydrogens (primary N) is 1. The number of imidazole rings is 1. The lowest BCUT2D eigenvalue weighted by Gasteiger charge is -2.28. The Labute approximate surface area is 148 Å². The van der Waals surface area contributed by atoms with Gasteiger partial charge in [0.2, 0.25) is 5.88 Å². The van der Waals surface area contributed by atoms with Crippen molar-refractivity contribution < 1.29 is 14.3 Å². The van der Waals surface area contributed by atoms with Crippen molar-refractivity contribution in [1.82, 2.24) is 24.4 Å². The largest absolute Gasteiger partial charge is 0.467 e. The van der Waals surface area contributed by atoms with E-state index >= 15 is 0 Å². The monoisotopic (exact) mass is 352 g/mol. The van der Waals surface area contributed by atoms with Gasteiger partial charge in [0.25, 0.3) is 11.8 Å². The summed E-state index contributed by atoms with van der Waals surface area (Å²) in [6.07, 6.45) is 2.85. The predicted molar refractivity (Wildman–Crippen MR) is 91.2 cm³/mol. The van der Waals surface area contributed by atoms with Gasteiger partial charge in [0.1, 0.15) is 17.8 Å². The molecule has 0 unspecified atom stereocenters. The molecule has 9 heteroatoms. The number of carbonyl (C=O) groups excluding carboxylic acids is 2. The summed E-state index contributed by atoms with van der Waals surface area (Å²) in [5.41, 5.74) is 6.43. The van der Waals surface area contributed by atoms with Crippen LogP contribution in [-0.4, -0.2) is 49.4 Å². The number of ether oxygens (including phenoxy) is 1. The van der Waals surface area contributed by atoms with E-state index in [-0.39, 0.29) is 12.5 Å². The van der Waals surface area contributed by atoms with Gasteiger partial charge in [-0.15, -0.1) is 0 Å². The van der Waals surface area contributed by atoms with E-state index in [1.807, 2.05) is 24.3 Å². The third kappa shape index (κ3) is 2.83. The molecule has 3 heterocycles. The molecule has 9 nitrogen and oxygen atoms in total. The van der Waals surface area contributed by atoms with Crippen LogP contribution >= 0.6 is 0 Å². The first-order valence-electron chi connectivity index (χ1n) is 8.08. The van der Waals surface area contributed by atoms with Gasteiger partial charge in [-0.1, -0.05) is 12.1 Å². The average Bonchev–Trinajstić information content (AvgIpc) is 3.09. The molecular formula is C17H16N6O3. The zero-order valence-electron chi connectivity index (χ0n) is 13.8. The number of fused-ring (bicyclic) bond motifs is 2. The maximum atomic E-state index is 12.5. The molecule has 0 fully saturated rings. The van der Waals surface area contributed by atoms with Crippen molar-refractivity contribution in [3.8, 4) is 5.88 Å². The Morgan fingerprint density at radius 2 is 2.00 bits per heavy atom. The second-order valence-electron chi connectivity index (χ2n) is 5.88. The Morgan fingerprint density at radius 1 is 1.15 bits per heavy atom. The van der Waals surface area contributed by atoms with Crippen LogP contribution in [0.1, 0.15) is 16.3 Å². The molecule has 0 bridgehead atoms. The summed E-state index contributed by atoms with van der Waals surface area (Å²) in [6.45, 7) is 1.09. The molecular weight excluding hydrogens is 336 g/mol. The second-order valence-corrected chi connectivity index (χ2v) is 5.88. The normalized spacial score (nSPS) is 13.5. The Morgan fingerprint density at radius 3 is 2.85 bits per heavy atom. The van der Waals surface area contributed by atoms with Gasteiger partial charge in [0.05, 0.1) is 23.6 Å². The fourth-order valence-electron chi connectivity index (χ4n) is 2.99. The number of nitrogens with zero attached hydrogens (tertiary/aromatic N) is 5. The number of hydrogen-bond donors (Lipinski definition) is 1. The molecule has 2 N–H and O–H groups in total. The van der Waals surface area contributed by atoms with Crippen molar-refractivity contribution in [3.63, 3.8) is 0 Å². The second kappa shape index (κ2) is 6.43. The molecule has 3 aromatic rings. The van der Waals surface area contributed by atoms with E-state index in [0.717, 1.165) is 10.9 Å². The van der Waals surface area contributed by atoms with Crippen molar-refractivity contribution in [1.29, 1.82) is 0 Å². The van der Waals surface area contributed by atoms with Crippen LogP contribution in [0.25, 0.3) is 10.9 Å². The fourth-order valence-corrected chi connectivity index (χ4v) is 2.99. The number of aromatic nitrogens is 4. The van der Waals surface area contributed by atoms with E-state index in [2.05, 4.69) is 15.0 Å². The van der Waals surface area contributed by atoms with Gasteiger partial charge < -0.3 is 19.9 Å². The molecule has 0 saturated carbocycles. The van der Waals surface area contributed by atoms with Crippen LogP contribution in [0.3, 0.4) is 0 Å². The third-order valence-electron chi connectivity index (χ3n) is 4.31. The molecule has 26 heavy (non-hydrogen) atoms. The molecule has 0 aliphatic carbocycles. The van der Waals surface area contributed by atoms with Gasteiger partial charge in [-0.05, 0) is 12.1 Å². The van der Waals surface area contributed by atoms with Gasteiger partial charge >= 0.3 is 0 Å². The first-order chi connectivity index (χ1) is 12.6. The van der Waals surface area contributed by atoms with Crippen LogP contribution < -0.4 is 10.5 Å². The summed E-state index contributed by atoms with van der Waals surface area (Å²) in [4.78, 5) is 37.9. The summed E-state index contributed by atoms with van der Waals surface area (Å²) in [7, 11) is 0. The minimum atomic E-state index is -0.525. The van der Waals surface area contributed by atoms with Gasteiger partial charge in [0, 0.05) is 13.1 Å². The zero-order chi connectivity index (χ0) is 18.1. The van der Waals surface area contributed by atoms with Crippen molar-refractivity contribution in [2.75, 3.05) is 13.2 Å². The first kappa shape index (κ1) is 16.0. The molecule has 0 radical (unpaired) electrons. The van der Waals surface area contributed by atoms with E-state index < -0.39 is 5.91 Å². The molecule has 0 saturated heterocycles. The average molecular weight is 352 g/mol. The highest BCUT2D eigenvalue weighted by atomic mass is 16.5. The van der Waals surface area contributed by atoms with E-state index in [1.54, 1.807) is 9.47 Å². The highest BCUT2D eigenvalue weighted by Gasteiger charge is 2.25.